The van der Waals surface area contributed by atoms with Crippen LogP contribution in [0.3, 0.4) is 0 Å². The normalized spacial score (nSPS) is 11.7. The Morgan fingerprint density at radius 1 is 1.50 bits per heavy atom. The summed E-state index contributed by atoms with van der Waals surface area (Å²) in [6.45, 7) is 5.45. The van der Waals surface area contributed by atoms with E-state index in [9.17, 15) is 4.79 Å². The second-order valence-electron chi connectivity index (χ2n) is 4.17. The summed E-state index contributed by atoms with van der Waals surface area (Å²) < 4.78 is 5.20. The maximum Gasteiger partial charge on any atom is 0.250 e. The molecule has 1 aromatic rings. The number of amides is 1. The van der Waals surface area contributed by atoms with Gasteiger partial charge in [-0.3, -0.25) is 4.79 Å². The molecule has 2 N–H and O–H groups in total. The van der Waals surface area contributed by atoms with E-state index in [1.54, 1.807) is 31.2 Å². The van der Waals surface area contributed by atoms with Gasteiger partial charge in [-0.25, -0.2) is 0 Å². The van der Waals surface area contributed by atoms with Gasteiger partial charge in [0.05, 0.1) is 11.8 Å². The zero-order valence-electron chi connectivity index (χ0n) is 10.8. The van der Waals surface area contributed by atoms with Crippen molar-refractivity contribution in [3.05, 3.63) is 29.8 Å². The van der Waals surface area contributed by atoms with Gasteiger partial charge in [0.1, 0.15) is 6.61 Å². The smallest absolute Gasteiger partial charge is 0.250 e. The number of hydrogen-bond donors (Lipinski definition) is 2. The summed E-state index contributed by atoms with van der Waals surface area (Å²) in [6.07, 6.45) is 0.0193. The Morgan fingerprint density at radius 3 is 2.83 bits per heavy atom. The van der Waals surface area contributed by atoms with Gasteiger partial charge in [0, 0.05) is 11.3 Å². The molecule has 1 aromatic carbocycles. The van der Waals surface area contributed by atoms with Gasteiger partial charge in [0.2, 0.25) is 5.91 Å². The third-order valence-corrected chi connectivity index (χ3v) is 2.26. The van der Waals surface area contributed by atoms with Crippen LogP contribution in [0.2, 0.25) is 0 Å². The number of benzene rings is 1. The minimum atomic E-state index is -0.209. The molecule has 1 amide bonds. The highest BCUT2D eigenvalue weighted by Gasteiger charge is 2.05. The molecule has 0 spiro atoms. The molecule has 0 bridgehead atoms. The Labute approximate surface area is 106 Å². The van der Waals surface area contributed by atoms with Crippen molar-refractivity contribution in [3.8, 4) is 0 Å². The Kier molecular flexibility index (Phi) is 5.32. The quantitative estimate of drug-likeness (QED) is 0.478. The Hall–Kier alpha value is -1.88. The zero-order chi connectivity index (χ0) is 13.5. The van der Waals surface area contributed by atoms with Gasteiger partial charge in [-0.1, -0.05) is 17.3 Å². The molecular formula is C13H18N2O3. The van der Waals surface area contributed by atoms with Crippen LogP contribution in [-0.2, 0) is 9.53 Å². The Bertz CT molecular complexity index is 442. The van der Waals surface area contributed by atoms with E-state index < -0.39 is 0 Å². The molecule has 0 unspecified atom stereocenters. The first-order valence-corrected chi connectivity index (χ1v) is 5.73. The van der Waals surface area contributed by atoms with Gasteiger partial charge in [-0.15, -0.1) is 0 Å². The summed E-state index contributed by atoms with van der Waals surface area (Å²) in [6, 6.07) is 7.09. The SMILES string of the molecule is C/C(=N\O)c1cccc(NC(=O)COC(C)C)c1. The number of ether oxygens (including phenoxy) is 1. The van der Waals surface area contributed by atoms with Crippen molar-refractivity contribution < 1.29 is 14.7 Å². The summed E-state index contributed by atoms with van der Waals surface area (Å²) in [4.78, 5) is 11.6. The van der Waals surface area contributed by atoms with Gasteiger partial charge in [0.15, 0.2) is 0 Å². The van der Waals surface area contributed by atoms with Gasteiger partial charge in [0.25, 0.3) is 0 Å². The second-order valence-corrected chi connectivity index (χ2v) is 4.17. The maximum atomic E-state index is 11.6. The lowest BCUT2D eigenvalue weighted by molar-refractivity contribution is -0.121. The molecule has 0 saturated heterocycles. The van der Waals surface area contributed by atoms with Crippen molar-refractivity contribution in [3.63, 3.8) is 0 Å². The molecule has 0 aliphatic heterocycles. The molecule has 1 rings (SSSR count). The summed E-state index contributed by atoms with van der Waals surface area (Å²) in [7, 11) is 0. The molecule has 0 aliphatic rings. The first-order valence-electron chi connectivity index (χ1n) is 5.73. The third kappa shape index (κ3) is 4.55. The molecule has 0 fully saturated rings. The minimum Gasteiger partial charge on any atom is -0.411 e. The molecule has 18 heavy (non-hydrogen) atoms. The fraction of sp³-hybridized carbons (Fsp3) is 0.385. The van der Waals surface area contributed by atoms with E-state index in [2.05, 4.69) is 10.5 Å². The van der Waals surface area contributed by atoms with Crippen molar-refractivity contribution in [1.29, 1.82) is 0 Å². The topological polar surface area (TPSA) is 70.9 Å². The predicted molar refractivity (Wildman–Crippen MR) is 70.2 cm³/mol. The molecule has 5 heteroatoms. The molecule has 0 radical (unpaired) electrons. The lowest BCUT2D eigenvalue weighted by atomic mass is 10.1. The molecule has 98 valence electrons. The number of nitrogens with one attached hydrogen (secondary N) is 1. The van der Waals surface area contributed by atoms with Crippen LogP contribution in [0.4, 0.5) is 5.69 Å². The second kappa shape index (κ2) is 6.76. The van der Waals surface area contributed by atoms with E-state index in [-0.39, 0.29) is 18.6 Å². The fourth-order valence-electron chi connectivity index (χ4n) is 1.32. The fourth-order valence-corrected chi connectivity index (χ4v) is 1.32. The summed E-state index contributed by atoms with van der Waals surface area (Å²) in [5, 5.41) is 14.5. The largest absolute Gasteiger partial charge is 0.411 e. The number of carbonyl (C=O) groups is 1. The predicted octanol–water partition coefficient (Wildman–Crippen LogP) is 2.25. The number of hydrogen-bond acceptors (Lipinski definition) is 4. The standard InChI is InChI=1S/C13H18N2O3/c1-9(2)18-8-13(16)14-12-6-4-5-11(7-12)10(3)15-17/h4-7,9,17H,8H2,1-3H3,(H,14,16)/b15-10+. The van der Waals surface area contributed by atoms with E-state index in [1.165, 1.54) is 0 Å². The van der Waals surface area contributed by atoms with Gasteiger partial charge < -0.3 is 15.3 Å². The summed E-state index contributed by atoms with van der Waals surface area (Å²) >= 11 is 0. The van der Waals surface area contributed by atoms with Crippen LogP contribution in [-0.4, -0.2) is 29.5 Å². The minimum absolute atomic E-state index is 0.0193. The Balaban J connectivity index is 2.65. The van der Waals surface area contributed by atoms with Crippen molar-refractivity contribution in [2.75, 3.05) is 11.9 Å². The highest BCUT2D eigenvalue weighted by molar-refractivity contribution is 6.00. The van der Waals surface area contributed by atoms with Crippen LogP contribution in [0.15, 0.2) is 29.4 Å². The average Bonchev–Trinajstić information content (AvgIpc) is 2.35. The van der Waals surface area contributed by atoms with Gasteiger partial charge in [-0.2, -0.15) is 0 Å². The number of rotatable bonds is 5. The van der Waals surface area contributed by atoms with E-state index in [1.807, 2.05) is 13.8 Å². The van der Waals surface area contributed by atoms with Crippen LogP contribution in [0, 0.1) is 0 Å². The number of anilines is 1. The first-order chi connectivity index (χ1) is 8.52. The average molecular weight is 250 g/mol. The van der Waals surface area contributed by atoms with Gasteiger partial charge >= 0.3 is 0 Å². The van der Waals surface area contributed by atoms with Crippen molar-refractivity contribution in [2.45, 2.75) is 26.9 Å². The van der Waals surface area contributed by atoms with Gasteiger partial charge in [-0.05, 0) is 32.9 Å². The molecule has 0 aromatic heterocycles. The van der Waals surface area contributed by atoms with Crippen LogP contribution in [0.5, 0.6) is 0 Å². The Morgan fingerprint density at radius 2 is 2.22 bits per heavy atom. The van der Waals surface area contributed by atoms with E-state index in [0.29, 0.717) is 11.4 Å². The molecule has 5 nitrogen and oxygen atoms in total. The van der Waals surface area contributed by atoms with Crippen molar-refractivity contribution >= 4 is 17.3 Å². The highest BCUT2D eigenvalue weighted by Crippen LogP contribution is 2.11. The van der Waals surface area contributed by atoms with Crippen molar-refractivity contribution in [2.24, 2.45) is 5.16 Å². The molecule has 0 aliphatic carbocycles. The van der Waals surface area contributed by atoms with Crippen LogP contribution < -0.4 is 5.32 Å². The number of carbonyl (C=O) groups excluding carboxylic acids is 1. The number of nitrogens with zero attached hydrogens (tertiary/aromatic N) is 1. The lowest BCUT2D eigenvalue weighted by Crippen LogP contribution is -2.20. The van der Waals surface area contributed by atoms with Crippen LogP contribution in [0.25, 0.3) is 0 Å². The van der Waals surface area contributed by atoms with Crippen LogP contribution in [0.1, 0.15) is 26.3 Å². The number of oxime groups is 1. The summed E-state index contributed by atoms with van der Waals surface area (Å²) in [5.41, 5.74) is 1.89. The van der Waals surface area contributed by atoms with E-state index in [4.69, 9.17) is 9.94 Å². The molecule has 0 atom stereocenters. The van der Waals surface area contributed by atoms with E-state index in [0.717, 1.165) is 5.56 Å². The highest BCUT2D eigenvalue weighted by atomic mass is 16.5. The van der Waals surface area contributed by atoms with Crippen LogP contribution >= 0.6 is 0 Å². The summed E-state index contributed by atoms with van der Waals surface area (Å²) in [5.74, 6) is -0.209. The van der Waals surface area contributed by atoms with E-state index >= 15 is 0 Å². The van der Waals surface area contributed by atoms with Crippen molar-refractivity contribution in [1.82, 2.24) is 0 Å². The first kappa shape index (κ1) is 14.2. The molecular weight excluding hydrogens is 232 g/mol. The third-order valence-electron chi connectivity index (χ3n) is 2.26. The lowest BCUT2D eigenvalue weighted by Gasteiger charge is -2.09. The maximum absolute atomic E-state index is 11.6. The molecule has 0 saturated carbocycles. The molecule has 0 heterocycles. The monoisotopic (exact) mass is 250 g/mol. The zero-order valence-corrected chi connectivity index (χ0v) is 10.8.